The van der Waals surface area contributed by atoms with E-state index in [4.69, 9.17) is 14.2 Å². The van der Waals surface area contributed by atoms with E-state index in [1.54, 1.807) is 14.2 Å². The van der Waals surface area contributed by atoms with Crippen LogP contribution in [0.1, 0.15) is 11.4 Å². The van der Waals surface area contributed by atoms with E-state index in [0.29, 0.717) is 0 Å². The summed E-state index contributed by atoms with van der Waals surface area (Å²) < 4.78 is 18.5. The van der Waals surface area contributed by atoms with Gasteiger partial charge in [-0.2, -0.15) is 0 Å². The van der Waals surface area contributed by atoms with Crippen LogP contribution in [0.25, 0.3) is 5.69 Å². The summed E-state index contributed by atoms with van der Waals surface area (Å²) in [7, 11) is 3.31. The van der Waals surface area contributed by atoms with Crippen LogP contribution in [0.15, 0.2) is 89.9 Å². The number of ether oxygens (including phenoxy) is 3. The molecule has 0 bridgehead atoms. The van der Waals surface area contributed by atoms with Crippen LogP contribution in [0.5, 0.6) is 23.0 Å². The van der Waals surface area contributed by atoms with Crippen molar-refractivity contribution in [1.29, 1.82) is 0 Å². The Morgan fingerprint density at radius 1 is 0.645 bits per heavy atom. The monoisotopic (exact) mass is 412 g/mol. The van der Waals surface area contributed by atoms with E-state index in [9.17, 15) is 0 Å². The Morgan fingerprint density at radius 2 is 1.16 bits per heavy atom. The van der Waals surface area contributed by atoms with Gasteiger partial charge in [-0.3, -0.25) is 4.99 Å². The van der Waals surface area contributed by atoms with Crippen molar-refractivity contribution in [1.82, 2.24) is 4.57 Å². The van der Waals surface area contributed by atoms with Crippen LogP contribution in [-0.4, -0.2) is 25.0 Å². The summed E-state index contributed by atoms with van der Waals surface area (Å²) in [6.07, 6.45) is 1.87. The fourth-order valence-electron chi connectivity index (χ4n) is 3.26. The number of aliphatic imine (C=N–C) groups is 1. The van der Waals surface area contributed by atoms with Crippen molar-refractivity contribution < 1.29 is 14.2 Å². The third kappa shape index (κ3) is 4.78. The van der Waals surface area contributed by atoms with Gasteiger partial charge in [0.25, 0.3) is 0 Å². The third-order valence-corrected chi connectivity index (χ3v) is 4.91. The van der Waals surface area contributed by atoms with Crippen LogP contribution >= 0.6 is 0 Å². The minimum absolute atomic E-state index is 0.751. The van der Waals surface area contributed by atoms with Gasteiger partial charge in [0.2, 0.25) is 0 Å². The molecule has 0 spiro atoms. The van der Waals surface area contributed by atoms with Gasteiger partial charge in [-0.15, -0.1) is 0 Å². The smallest absolute Gasteiger partial charge is 0.127 e. The van der Waals surface area contributed by atoms with Crippen LogP contribution in [0.4, 0.5) is 5.69 Å². The van der Waals surface area contributed by atoms with Crippen molar-refractivity contribution in [3.63, 3.8) is 0 Å². The van der Waals surface area contributed by atoms with Crippen LogP contribution in [0.2, 0.25) is 0 Å². The zero-order chi connectivity index (χ0) is 21.6. The standard InChI is InChI=1S/C26H24N2O3/c1-19-4-7-22(28(19)21-8-12-23(29-2)13-9-21)18-27-20-5-10-25(11-6-20)31-26-16-14-24(30-3)15-17-26/h4-18H,1-3H3. The maximum absolute atomic E-state index is 5.87. The Morgan fingerprint density at radius 3 is 1.74 bits per heavy atom. The molecule has 3 aromatic carbocycles. The molecule has 5 heteroatoms. The van der Waals surface area contributed by atoms with Crippen molar-refractivity contribution in [2.24, 2.45) is 4.99 Å². The van der Waals surface area contributed by atoms with E-state index in [0.717, 1.165) is 45.8 Å². The van der Waals surface area contributed by atoms with E-state index in [1.807, 2.05) is 79.0 Å². The van der Waals surface area contributed by atoms with Gasteiger partial charge in [0.15, 0.2) is 0 Å². The molecule has 4 rings (SSSR count). The molecule has 4 aromatic rings. The zero-order valence-electron chi connectivity index (χ0n) is 17.8. The van der Waals surface area contributed by atoms with E-state index < -0.39 is 0 Å². The van der Waals surface area contributed by atoms with Gasteiger partial charge in [0.05, 0.1) is 31.8 Å². The summed E-state index contributed by atoms with van der Waals surface area (Å²) in [6.45, 7) is 2.08. The normalized spacial score (nSPS) is 10.9. The molecule has 1 aromatic heterocycles. The topological polar surface area (TPSA) is 45.0 Å². The number of methoxy groups -OCH3 is 2. The second-order valence-corrected chi connectivity index (χ2v) is 6.96. The lowest BCUT2D eigenvalue weighted by atomic mass is 10.3. The summed E-state index contributed by atoms with van der Waals surface area (Å²) in [5.41, 5.74) is 4.05. The van der Waals surface area contributed by atoms with Crippen molar-refractivity contribution in [2.75, 3.05) is 14.2 Å². The van der Waals surface area contributed by atoms with Crippen LogP contribution in [0, 0.1) is 6.92 Å². The molecule has 0 aliphatic carbocycles. The van der Waals surface area contributed by atoms with Gasteiger partial charge in [0.1, 0.15) is 23.0 Å². The van der Waals surface area contributed by atoms with Crippen molar-refractivity contribution in [3.05, 3.63) is 96.3 Å². The number of aryl methyl sites for hydroxylation is 1. The minimum atomic E-state index is 0.751. The predicted octanol–water partition coefficient (Wildman–Crippen LogP) is 6.35. The first-order valence-electron chi connectivity index (χ1n) is 9.95. The highest BCUT2D eigenvalue weighted by atomic mass is 16.5. The quantitative estimate of drug-likeness (QED) is 0.332. The highest BCUT2D eigenvalue weighted by Gasteiger charge is 2.06. The zero-order valence-corrected chi connectivity index (χ0v) is 17.8. The first-order chi connectivity index (χ1) is 15.2. The molecule has 5 nitrogen and oxygen atoms in total. The molecule has 0 radical (unpaired) electrons. The second kappa shape index (κ2) is 9.22. The lowest BCUT2D eigenvalue weighted by Gasteiger charge is -2.10. The van der Waals surface area contributed by atoms with Gasteiger partial charge in [-0.05, 0) is 91.9 Å². The van der Waals surface area contributed by atoms with E-state index >= 15 is 0 Å². The van der Waals surface area contributed by atoms with Gasteiger partial charge >= 0.3 is 0 Å². The largest absolute Gasteiger partial charge is 0.497 e. The summed E-state index contributed by atoms with van der Waals surface area (Å²) in [5, 5.41) is 0. The van der Waals surface area contributed by atoms with E-state index in [-0.39, 0.29) is 0 Å². The Balaban J connectivity index is 1.48. The van der Waals surface area contributed by atoms with Crippen LogP contribution in [-0.2, 0) is 0 Å². The average Bonchev–Trinajstić information content (AvgIpc) is 3.19. The molecule has 0 aliphatic heterocycles. The SMILES string of the molecule is COc1ccc(Oc2ccc(N=Cc3ccc(C)n3-c3ccc(OC)cc3)cc2)cc1. The fourth-order valence-corrected chi connectivity index (χ4v) is 3.26. The molecular weight excluding hydrogens is 388 g/mol. The number of hydrogen-bond acceptors (Lipinski definition) is 4. The van der Waals surface area contributed by atoms with Gasteiger partial charge < -0.3 is 18.8 Å². The summed E-state index contributed by atoms with van der Waals surface area (Å²) in [4.78, 5) is 4.64. The maximum atomic E-state index is 5.87. The van der Waals surface area contributed by atoms with Crippen molar-refractivity contribution >= 4 is 11.9 Å². The first-order valence-corrected chi connectivity index (χ1v) is 9.95. The maximum Gasteiger partial charge on any atom is 0.127 e. The Bertz CT molecular complexity index is 1160. The summed E-state index contributed by atoms with van der Waals surface area (Å²) in [6, 6.07) is 27.3. The molecule has 0 amide bonds. The van der Waals surface area contributed by atoms with Crippen LogP contribution in [0.3, 0.4) is 0 Å². The Kier molecular flexibility index (Phi) is 6.03. The Labute approximate surface area is 182 Å². The molecule has 0 fully saturated rings. The van der Waals surface area contributed by atoms with E-state index in [1.165, 1.54) is 0 Å². The molecule has 0 N–H and O–H groups in total. The Hall–Kier alpha value is -3.99. The van der Waals surface area contributed by atoms with Crippen molar-refractivity contribution in [2.45, 2.75) is 6.92 Å². The highest BCUT2D eigenvalue weighted by Crippen LogP contribution is 2.26. The first kappa shape index (κ1) is 20.3. The lowest BCUT2D eigenvalue weighted by molar-refractivity contribution is 0.413. The molecule has 0 unspecified atom stereocenters. The fraction of sp³-hybridized carbons (Fsp3) is 0.115. The number of hydrogen-bond donors (Lipinski definition) is 0. The summed E-state index contributed by atoms with van der Waals surface area (Å²) in [5.74, 6) is 3.14. The third-order valence-electron chi connectivity index (χ3n) is 4.91. The highest BCUT2D eigenvalue weighted by molar-refractivity contribution is 5.81. The molecular formula is C26H24N2O3. The van der Waals surface area contributed by atoms with Gasteiger partial charge in [-0.1, -0.05) is 0 Å². The molecule has 156 valence electrons. The molecule has 0 saturated carbocycles. The number of aromatic nitrogens is 1. The molecule has 0 atom stereocenters. The number of nitrogens with zero attached hydrogens (tertiary/aromatic N) is 2. The number of rotatable bonds is 7. The molecule has 0 saturated heterocycles. The molecule has 31 heavy (non-hydrogen) atoms. The average molecular weight is 412 g/mol. The molecule has 1 heterocycles. The number of benzene rings is 3. The van der Waals surface area contributed by atoms with Crippen molar-refractivity contribution in [3.8, 4) is 28.7 Å². The van der Waals surface area contributed by atoms with Crippen LogP contribution < -0.4 is 14.2 Å². The predicted molar refractivity (Wildman–Crippen MR) is 124 cm³/mol. The summed E-state index contributed by atoms with van der Waals surface area (Å²) >= 11 is 0. The van der Waals surface area contributed by atoms with E-state index in [2.05, 4.69) is 28.6 Å². The minimum Gasteiger partial charge on any atom is -0.497 e. The van der Waals surface area contributed by atoms with Gasteiger partial charge in [0, 0.05) is 11.4 Å². The molecule has 0 aliphatic rings. The lowest BCUT2D eigenvalue weighted by Crippen LogP contribution is -2.01. The van der Waals surface area contributed by atoms with Gasteiger partial charge in [-0.25, -0.2) is 0 Å². The second-order valence-electron chi connectivity index (χ2n) is 6.96.